The fourth-order valence-corrected chi connectivity index (χ4v) is 2.15. The maximum absolute atomic E-state index is 11.4. The SMILES string of the molecule is CC1=C(CCNC(=O)CBr)NOC2=CCC(=O)C=C21. The van der Waals surface area contributed by atoms with Gasteiger partial charge in [0, 0.05) is 25.0 Å². The maximum Gasteiger partial charge on any atom is 0.230 e. The molecule has 0 aromatic heterocycles. The number of hydrogen-bond acceptors (Lipinski definition) is 4. The first-order chi connectivity index (χ1) is 9.11. The summed E-state index contributed by atoms with van der Waals surface area (Å²) in [4.78, 5) is 28.0. The molecule has 0 saturated heterocycles. The molecule has 0 atom stereocenters. The van der Waals surface area contributed by atoms with Crippen molar-refractivity contribution in [2.45, 2.75) is 19.8 Å². The average molecular weight is 327 g/mol. The number of allylic oxidation sites excluding steroid dienone is 3. The van der Waals surface area contributed by atoms with Crippen LogP contribution >= 0.6 is 15.9 Å². The number of rotatable bonds is 4. The van der Waals surface area contributed by atoms with Crippen LogP contribution in [0.2, 0.25) is 0 Å². The zero-order valence-corrected chi connectivity index (χ0v) is 12.2. The Hall–Kier alpha value is -1.56. The quantitative estimate of drug-likeness (QED) is 0.768. The molecule has 0 radical (unpaired) electrons. The molecule has 0 fully saturated rings. The van der Waals surface area contributed by atoms with Gasteiger partial charge in [-0.05, 0) is 24.6 Å². The highest BCUT2D eigenvalue weighted by Crippen LogP contribution is 2.30. The van der Waals surface area contributed by atoms with Crippen molar-refractivity contribution < 1.29 is 14.4 Å². The van der Waals surface area contributed by atoms with Gasteiger partial charge in [-0.2, -0.15) is 0 Å². The lowest BCUT2D eigenvalue weighted by molar-refractivity contribution is -0.118. The van der Waals surface area contributed by atoms with Crippen molar-refractivity contribution in [3.63, 3.8) is 0 Å². The second-order valence-corrected chi connectivity index (χ2v) is 4.90. The van der Waals surface area contributed by atoms with Crippen LogP contribution in [0.4, 0.5) is 0 Å². The van der Waals surface area contributed by atoms with Crippen LogP contribution in [0.1, 0.15) is 19.8 Å². The second-order valence-electron chi connectivity index (χ2n) is 4.34. The van der Waals surface area contributed by atoms with Crippen molar-refractivity contribution >= 4 is 27.6 Å². The Morgan fingerprint density at radius 1 is 1.58 bits per heavy atom. The molecule has 2 N–H and O–H groups in total. The van der Waals surface area contributed by atoms with E-state index in [4.69, 9.17) is 4.84 Å². The highest BCUT2D eigenvalue weighted by atomic mass is 79.9. The Balaban J connectivity index is 2.05. The normalized spacial score (nSPS) is 17.9. The van der Waals surface area contributed by atoms with Gasteiger partial charge in [-0.1, -0.05) is 15.9 Å². The van der Waals surface area contributed by atoms with Crippen molar-refractivity contribution in [2.75, 3.05) is 11.9 Å². The monoisotopic (exact) mass is 326 g/mol. The van der Waals surface area contributed by atoms with Crippen molar-refractivity contribution in [3.8, 4) is 0 Å². The molecule has 19 heavy (non-hydrogen) atoms. The van der Waals surface area contributed by atoms with Crippen molar-refractivity contribution in [1.82, 2.24) is 10.8 Å². The van der Waals surface area contributed by atoms with E-state index >= 15 is 0 Å². The second kappa shape index (κ2) is 6.06. The number of alkyl halides is 1. The number of amides is 1. The minimum Gasteiger partial charge on any atom is -0.382 e. The summed E-state index contributed by atoms with van der Waals surface area (Å²) in [6, 6.07) is 0. The molecule has 6 heteroatoms. The van der Waals surface area contributed by atoms with E-state index in [1.807, 2.05) is 6.92 Å². The van der Waals surface area contributed by atoms with E-state index in [-0.39, 0.29) is 11.7 Å². The first-order valence-electron chi connectivity index (χ1n) is 6.02. The molecule has 0 aromatic carbocycles. The summed E-state index contributed by atoms with van der Waals surface area (Å²) in [5, 5.41) is 3.06. The molecular weight excluding hydrogens is 312 g/mol. The van der Waals surface area contributed by atoms with E-state index in [2.05, 4.69) is 26.7 Å². The van der Waals surface area contributed by atoms with E-state index in [1.165, 1.54) is 0 Å². The van der Waals surface area contributed by atoms with E-state index in [1.54, 1.807) is 12.2 Å². The summed E-state index contributed by atoms with van der Waals surface area (Å²) in [5.74, 6) is 0.725. The molecule has 0 aromatic rings. The number of nitrogens with one attached hydrogen (secondary N) is 2. The standard InChI is InChI=1S/C13H15BrN2O3/c1-8-10-6-9(17)2-3-12(10)19-16-11(8)4-5-15-13(18)7-14/h3,6,16H,2,4-5,7H2,1H3,(H,15,18). The first kappa shape index (κ1) is 13.9. The molecule has 1 heterocycles. The molecule has 2 rings (SSSR count). The highest BCUT2D eigenvalue weighted by Gasteiger charge is 2.23. The van der Waals surface area contributed by atoms with Gasteiger partial charge in [-0.3, -0.25) is 9.59 Å². The van der Waals surface area contributed by atoms with Gasteiger partial charge in [0.1, 0.15) is 0 Å². The molecule has 0 unspecified atom stereocenters. The molecular formula is C13H15BrN2O3. The van der Waals surface area contributed by atoms with Crippen LogP contribution < -0.4 is 10.8 Å². The van der Waals surface area contributed by atoms with Crippen molar-refractivity contribution in [1.29, 1.82) is 0 Å². The van der Waals surface area contributed by atoms with Crippen molar-refractivity contribution in [2.24, 2.45) is 0 Å². The zero-order valence-electron chi connectivity index (χ0n) is 10.6. The Bertz CT molecular complexity index is 506. The number of hydrogen-bond donors (Lipinski definition) is 2. The summed E-state index contributed by atoms with van der Waals surface area (Å²) >= 11 is 3.09. The lowest BCUT2D eigenvalue weighted by Crippen LogP contribution is -2.30. The van der Waals surface area contributed by atoms with Crippen LogP contribution in [-0.2, 0) is 14.4 Å². The van der Waals surface area contributed by atoms with E-state index < -0.39 is 0 Å². The Kier molecular flexibility index (Phi) is 4.42. The Labute approximate surface area is 119 Å². The Morgan fingerprint density at radius 3 is 3.11 bits per heavy atom. The molecule has 1 aliphatic heterocycles. The van der Waals surface area contributed by atoms with Gasteiger partial charge < -0.3 is 10.2 Å². The average Bonchev–Trinajstić information content (AvgIpc) is 2.41. The van der Waals surface area contributed by atoms with Crippen LogP contribution in [0.15, 0.2) is 34.8 Å². The van der Waals surface area contributed by atoms with Gasteiger partial charge in [0.25, 0.3) is 0 Å². The van der Waals surface area contributed by atoms with Crippen LogP contribution in [0, 0.1) is 0 Å². The van der Waals surface area contributed by atoms with Crippen LogP contribution in [0.25, 0.3) is 0 Å². The van der Waals surface area contributed by atoms with Crippen LogP contribution in [0.3, 0.4) is 0 Å². The van der Waals surface area contributed by atoms with Crippen LogP contribution in [0.5, 0.6) is 0 Å². The predicted octanol–water partition coefficient (Wildman–Crippen LogP) is 1.48. The number of hydroxylamine groups is 1. The number of fused-ring (bicyclic) bond motifs is 1. The van der Waals surface area contributed by atoms with Gasteiger partial charge in [-0.15, -0.1) is 0 Å². The summed E-state index contributed by atoms with van der Waals surface area (Å²) in [5.41, 5.74) is 5.57. The number of ketones is 1. The molecule has 0 saturated carbocycles. The van der Waals surface area contributed by atoms with Crippen molar-refractivity contribution in [3.05, 3.63) is 34.8 Å². The fraction of sp³-hybridized carbons (Fsp3) is 0.385. The molecule has 0 spiro atoms. The smallest absolute Gasteiger partial charge is 0.230 e. The molecule has 1 aliphatic carbocycles. The van der Waals surface area contributed by atoms with Crippen LogP contribution in [-0.4, -0.2) is 23.6 Å². The third kappa shape index (κ3) is 3.26. The van der Waals surface area contributed by atoms with E-state index in [0.29, 0.717) is 30.5 Å². The summed E-state index contributed by atoms with van der Waals surface area (Å²) in [6.07, 6.45) is 4.40. The Morgan fingerprint density at radius 2 is 2.37 bits per heavy atom. The third-order valence-electron chi connectivity index (χ3n) is 3.02. The predicted molar refractivity (Wildman–Crippen MR) is 74.1 cm³/mol. The summed E-state index contributed by atoms with van der Waals surface area (Å²) in [6.45, 7) is 2.46. The molecule has 1 amide bonds. The van der Waals surface area contributed by atoms with Gasteiger partial charge in [0.2, 0.25) is 5.91 Å². The van der Waals surface area contributed by atoms with E-state index in [9.17, 15) is 9.59 Å². The fourth-order valence-electron chi connectivity index (χ4n) is 1.95. The summed E-state index contributed by atoms with van der Waals surface area (Å²) in [7, 11) is 0. The van der Waals surface area contributed by atoms with Gasteiger partial charge in [0.05, 0.1) is 11.0 Å². The lowest BCUT2D eigenvalue weighted by Gasteiger charge is -2.26. The molecule has 102 valence electrons. The minimum absolute atomic E-state index is 0.0531. The minimum atomic E-state index is -0.0531. The zero-order chi connectivity index (χ0) is 13.8. The maximum atomic E-state index is 11.4. The van der Waals surface area contributed by atoms with Gasteiger partial charge in [-0.25, -0.2) is 5.48 Å². The topological polar surface area (TPSA) is 67.4 Å². The molecule has 0 bridgehead atoms. The molecule has 2 aliphatic rings. The number of carbonyl (C=O) groups excluding carboxylic acids is 2. The molecule has 5 nitrogen and oxygen atoms in total. The van der Waals surface area contributed by atoms with Gasteiger partial charge in [0.15, 0.2) is 11.5 Å². The number of halogens is 1. The number of carbonyl (C=O) groups is 2. The first-order valence-corrected chi connectivity index (χ1v) is 7.14. The highest BCUT2D eigenvalue weighted by molar-refractivity contribution is 9.09. The largest absolute Gasteiger partial charge is 0.382 e. The lowest BCUT2D eigenvalue weighted by atomic mass is 9.95. The van der Waals surface area contributed by atoms with Gasteiger partial charge >= 0.3 is 0 Å². The summed E-state index contributed by atoms with van der Waals surface area (Å²) < 4.78 is 0. The van der Waals surface area contributed by atoms with E-state index in [0.717, 1.165) is 16.8 Å². The third-order valence-corrected chi connectivity index (χ3v) is 3.53.